The van der Waals surface area contributed by atoms with Gasteiger partial charge >= 0.3 is 0 Å². The number of rotatable bonds is 6. The summed E-state index contributed by atoms with van der Waals surface area (Å²) in [4.78, 5) is 9.38. The molecule has 1 aliphatic rings. The molecule has 4 nitrogen and oxygen atoms in total. The van der Waals surface area contributed by atoms with Crippen molar-refractivity contribution < 1.29 is 4.74 Å². The highest BCUT2D eigenvalue weighted by molar-refractivity contribution is 7.07. The van der Waals surface area contributed by atoms with Crippen LogP contribution in [0.1, 0.15) is 19.5 Å². The van der Waals surface area contributed by atoms with Gasteiger partial charge in [-0.1, -0.05) is 0 Å². The third-order valence-electron chi connectivity index (χ3n) is 3.45. The van der Waals surface area contributed by atoms with Crippen LogP contribution in [0.15, 0.2) is 10.9 Å². The molecule has 1 atom stereocenters. The van der Waals surface area contributed by atoms with Gasteiger partial charge in [-0.3, -0.25) is 9.80 Å². The van der Waals surface area contributed by atoms with E-state index in [-0.39, 0.29) is 0 Å². The molecule has 1 saturated heterocycles. The lowest BCUT2D eigenvalue weighted by Gasteiger charge is -2.39. The maximum atomic E-state index is 5.43. The molecule has 2 rings (SSSR count). The predicted octanol–water partition coefficient (Wildman–Crippen LogP) is 1.69. The molecule has 0 bridgehead atoms. The van der Waals surface area contributed by atoms with Crippen molar-refractivity contribution in [2.24, 2.45) is 0 Å². The Morgan fingerprint density at radius 3 is 3.06 bits per heavy atom. The molecule has 0 radical (unpaired) electrons. The van der Waals surface area contributed by atoms with E-state index in [1.807, 2.05) is 5.51 Å². The molecule has 0 unspecified atom stereocenters. The summed E-state index contributed by atoms with van der Waals surface area (Å²) in [6.07, 6.45) is 0. The van der Waals surface area contributed by atoms with Gasteiger partial charge in [0.25, 0.3) is 0 Å². The average molecular weight is 269 g/mol. The molecule has 0 aliphatic carbocycles. The minimum absolute atomic E-state index is 0.609. The molecule has 0 amide bonds. The van der Waals surface area contributed by atoms with Crippen molar-refractivity contribution in [3.05, 3.63) is 16.6 Å². The van der Waals surface area contributed by atoms with E-state index in [1.165, 1.54) is 5.69 Å². The number of thiazole rings is 1. The number of aromatic nitrogens is 1. The van der Waals surface area contributed by atoms with Crippen molar-refractivity contribution in [3.8, 4) is 0 Å². The summed E-state index contributed by atoms with van der Waals surface area (Å²) < 4.78 is 5.43. The van der Waals surface area contributed by atoms with Gasteiger partial charge in [0.1, 0.15) is 0 Å². The Morgan fingerprint density at radius 2 is 2.39 bits per heavy atom. The monoisotopic (exact) mass is 269 g/mol. The van der Waals surface area contributed by atoms with Gasteiger partial charge in [-0.25, -0.2) is 4.98 Å². The third-order valence-corrected chi connectivity index (χ3v) is 4.08. The Balaban J connectivity index is 1.73. The van der Waals surface area contributed by atoms with Gasteiger partial charge in [0, 0.05) is 50.8 Å². The van der Waals surface area contributed by atoms with Crippen molar-refractivity contribution in [2.75, 3.05) is 39.4 Å². The number of hydrogen-bond donors (Lipinski definition) is 0. The van der Waals surface area contributed by atoms with Gasteiger partial charge in [0.2, 0.25) is 0 Å². The second kappa shape index (κ2) is 7.19. The van der Waals surface area contributed by atoms with Crippen LogP contribution in [0.5, 0.6) is 0 Å². The van der Waals surface area contributed by atoms with Gasteiger partial charge < -0.3 is 4.74 Å². The minimum atomic E-state index is 0.609. The Hall–Kier alpha value is -0.490. The molecule has 1 fully saturated rings. The molecule has 1 aromatic rings. The van der Waals surface area contributed by atoms with E-state index in [2.05, 4.69) is 34.0 Å². The van der Waals surface area contributed by atoms with E-state index < -0.39 is 0 Å². The maximum Gasteiger partial charge on any atom is 0.0795 e. The summed E-state index contributed by atoms with van der Waals surface area (Å²) in [6.45, 7) is 11.5. The maximum absolute atomic E-state index is 5.43. The van der Waals surface area contributed by atoms with E-state index in [9.17, 15) is 0 Å². The molecule has 102 valence electrons. The van der Waals surface area contributed by atoms with Crippen LogP contribution in [0.25, 0.3) is 0 Å². The fourth-order valence-electron chi connectivity index (χ4n) is 2.42. The van der Waals surface area contributed by atoms with E-state index >= 15 is 0 Å². The first-order chi connectivity index (χ1) is 8.79. The molecular weight excluding hydrogens is 246 g/mol. The van der Waals surface area contributed by atoms with Gasteiger partial charge in [0.15, 0.2) is 0 Å². The molecule has 1 aliphatic heterocycles. The molecule has 1 aromatic heterocycles. The predicted molar refractivity (Wildman–Crippen MR) is 74.9 cm³/mol. The summed E-state index contributed by atoms with van der Waals surface area (Å²) in [7, 11) is 0. The van der Waals surface area contributed by atoms with Crippen molar-refractivity contribution in [1.29, 1.82) is 0 Å². The first kappa shape index (κ1) is 13.9. The fourth-order valence-corrected chi connectivity index (χ4v) is 2.97. The lowest BCUT2D eigenvalue weighted by Crippen LogP contribution is -2.52. The topological polar surface area (TPSA) is 28.6 Å². The smallest absolute Gasteiger partial charge is 0.0795 e. The van der Waals surface area contributed by atoms with Crippen LogP contribution in [0.4, 0.5) is 0 Å². The van der Waals surface area contributed by atoms with Crippen LogP contribution in [-0.2, 0) is 11.3 Å². The second-order valence-electron chi connectivity index (χ2n) is 4.80. The van der Waals surface area contributed by atoms with E-state index in [0.29, 0.717) is 6.04 Å². The second-order valence-corrected chi connectivity index (χ2v) is 5.52. The van der Waals surface area contributed by atoms with Crippen molar-refractivity contribution in [1.82, 2.24) is 14.8 Å². The van der Waals surface area contributed by atoms with Crippen molar-refractivity contribution in [3.63, 3.8) is 0 Å². The Morgan fingerprint density at radius 1 is 1.50 bits per heavy atom. The van der Waals surface area contributed by atoms with Gasteiger partial charge in [-0.15, -0.1) is 11.3 Å². The Bertz CT molecular complexity index is 331. The quantitative estimate of drug-likeness (QED) is 0.735. The molecule has 0 aromatic carbocycles. The molecule has 18 heavy (non-hydrogen) atoms. The minimum Gasteiger partial charge on any atom is -0.380 e. The van der Waals surface area contributed by atoms with E-state index in [4.69, 9.17) is 4.74 Å². The molecule has 2 heterocycles. The number of piperazine rings is 1. The van der Waals surface area contributed by atoms with Crippen LogP contribution < -0.4 is 0 Å². The Kier molecular flexibility index (Phi) is 5.56. The van der Waals surface area contributed by atoms with Crippen molar-refractivity contribution in [2.45, 2.75) is 26.4 Å². The highest BCUT2D eigenvalue weighted by Crippen LogP contribution is 2.12. The summed E-state index contributed by atoms with van der Waals surface area (Å²) in [5, 5.41) is 2.14. The van der Waals surface area contributed by atoms with Gasteiger partial charge in [0.05, 0.1) is 17.8 Å². The normalized spacial score (nSPS) is 22.4. The summed E-state index contributed by atoms with van der Waals surface area (Å²) in [6, 6.07) is 0.609. The van der Waals surface area contributed by atoms with Crippen LogP contribution >= 0.6 is 11.3 Å². The first-order valence-corrected chi connectivity index (χ1v) is 7.65. The van der Waals surface area contributed by atoms with Crippen LogP contribution in [0.3, 0.4) is 0 Å². The summed E-state index contributed by atoms with van der Waals surface area (Å²) in [5.74, 6) is 0. The lowest BCUT2D eigenvalue weighted by atomic mass is 10.2. The van der Waals surface area contributed by atoms with Gasteiger partial charge in [-0.2, -0.15) is 0 Å². The van der Waals surface area contributed by atoms with Crippen LogP contribution in [-0.4, -0.2) is 60.2 Å². The number of ether oxygens (including phenoxy) is 1. The summed E-state index contributed by atoms with van der Waals surface area (Å²) >= 11 is 1.68. The summed E-state index contributed by atoms with van der Waals surface area (Å²) in [5.41, 5.74) is 3.12. The van der Waals surface area contributed by atoms with Crippen LogP contribution in [0, 0.1) is 0 Å². The first-order valence-electron chi connectivity index (χ1n) is 6.70. The number of nitrogens with zero attached hydrogens (tertiary/aromatic N) is 3. The molecular formula is C13H23N3OS. The SMILES string of the molecule is CCOCCN1CCN(Cc2cscn2)C[C@H]1C. The lowest BCUT2D eigenvalue weighted by molar-refractivity contribution is 0.0462. The zero-order chi connectivity index (χ0) is 12.8. The number of hydrogen-bond acceptors (Lipinski definition) is 5. The zero-order valence-electron chi connectivity index (χ0n) is 11.3. The van der Waals surface area contributed by atoms with Gasteiger partial charge in [-0.05, 0) is 13.8 Å². The fraction of sp³-hybridized carbons (Fsp3) is 0.769. The largest absolute Gasteiger partial charge is 0.380 e. The van der Waals surface area contributed by atoms with Crippen LogP contribution in [0.2, 0.25) is 0 Å². The molecule has 0 N–H and O–H groups in total. The highest BCUT2D eigenvalue weighted by atomic mass is 32.1. The van der Waals surface area contributed by atoms with E-state index in [0.717, 1.165) is 45.9 Å². The highest BCUT2D eigenvalue weighted by Gasteiger charge is 2.23. The Labute approximate surface area is 114 Å². The average Bonchev–Trinajstić information content (AvgIpc) is 2.85. The molecule has 5 heteroatoms. The standard InChI is InChI=1S/C13H23N3OS/c1-3-17-7-6-16-5-4-15(8-12(16)2)9-13-10-18-11-14-13/h10-12H,3-9H2,1-2H3/t12-/m1/s1. The third kappa shape index (κ3) is 4.02. The zero-order valence-corrected chi connectivity index (χ0v) is 12.2. The molecule has 0 saturated carbocycles. The van der Waals surface area contributed by atoms with Crippen molar-refractivity contribution >= 4 is 11.3 Å². The van der Waals surface area contributed by atoms with E-state index in [1.54, 1.807) is 11.3 Å². The molecule has 0 spiro atoms.